The van der Waals surface area contributed by atoms with E-state index in [1.54, 1.807) is 30.3 Å². The van der Waals surface area contributed by atoms with E-state index < -0.39 is 23.8 Å². The second-order valence-corrected chi connectivity index (χ2v) is 4.40. The van der Waals surface area contributed by atoms with Gasteiger partial charge in [-0.3, -0.25) is 0 Å². The molecule has 6 heteroatoms. The van der Waals surface area contributed by atoms with Crippen LogP contribution in [0.2, 0.25) is 0 Å². The van der Waals surface area contributed by atoms with Gasteiger partial charge in [-0.1, -0.05) is 36.4 Å². The van der Waals surface area contributed by atoms with Crippen molar-refractivity contribution in [1.82, 2.24) is 0 Å². The average Bonchev–Trinajstić information content (AvgIpc) is 2.45. The third kappa shape index (κ3) is 3.75. The number of carboxylic acid groups (broad SMARTS) is 1. The summed E-state index contributed by atoms with van der Waals surface area (Å²) in [5, 5.41) is 11.8. The predicted octanol–water partition coefficient (Wildman–Crippen LogP) is 3.94. The second kappa shape index (κ2) is 5.87. The first kappa shape index (κ1) is 14.9. The first-order valence-electron chi connectivity index (χ1n) is 6.09. The van der Waals surface area contributed by atoms with Gasteiger partial charge in [0.25, 0.3) is 0 Å². The topological polar surface area (TPSA) is 49.3 Å². The minimum absolute atomic E-state index is 0.0982. The smallest absolute Gasteiger partial charge is 0.416 e. The molecule has 0 fully saturated rings. The number of hydrogen-bond acceptors (Lipinski definition) is 2. The molecule has 0 aromatic heterocycles. The van der Waals surface area contributed by atoms with Crippen molar-refractivity contribution in [3.8, 4) is 0 Å². The molecule has 2 N–H and O–H groups in total. The minimum Gasteiger partial charge on any atom is -0.479 e. The number of carboxylic acids is 1. The quantitative estimate of drug-likeness (QED) is 0.898. The van der Waals surface area contributed by atoms with Crippen LogP contribution in [0.15, 0.2) is 54.6 Å². The van der Waals surface area contributed by atoms with Gasteiger partial charge in [-0.15, -0.1) is 0 Å². The van der Waals surface area contributed by atoms with Crippen LogP contribution in [0.1, 0.15) is 17.2 Å². The Morgan fingerprint density at radius 1 is 1.05 bits per heavy atom. The molecule has 3 nitrogen and oxygen atoms in total. The number of nitrogens with one attached hydrogen (secondary N) is 1. The number of carbonyl (C=O) groups is 1. The lowest BCUT2D eigenvalue weighted by Crippen LogP contribution is -2.20. The van der Waals surface area contributed by atoms with Crippen molar-refractivity contribution >= 4 is 11.7 Å². The Morgan fingerprint density at radius 3 is 2.29 bits per heavy atom. The van der Waals surface area contributed by atoms with E-state index >= 15 is 0 Å². The van der Waals surface area contributed by atoms with Crippen molar-refractivity contribution in [2.45, 2.75) is 12.2 Å². The van der Waals surface area contributed by atoms with Crippen molar-refractivity contribution in [2.75, 3.05) is 5.32 Å². The number of alkyl halides is 3. The summed E-state index contributed by atoms with van der Waals surface area (Å²) < 4.78 is 37.9. The van der Waals surface area contributed by atoms with Crippen molar-refractivity contribution < 1.29 is 23.1 Å². The number of rotatable bonds is 4. The van der Waals surface area contributed by atoms with Gasteiger partial charge < -0.3 is 10.4 Å². The van der Waals surface area contributed by atoms with Gasteiger partial charge >= 0.3 is 12.1 Å². The molecule has 0 spiro atoms. The molecule has 0 aliphatic heterocycles. The Kier molecular flexibility index (Phi) is 4.16. The zero-order valence-electron chi connectivity index (χ0n) is 10.8. The van der Waals surface area contributed by atoms with E-state index in [2.05, 4.69) is 5.32 Å². The van der Waals surface area contributed by atoms with Gasteiger partial charge in [0.2, 0.25) is 0 Å². The Balaban J connectivity index is 2.28. The van der Waals surface area contributed by atoms with Crippen LogP contribution in [0.4, 0.5) is 18.9 Å². The van der Waals surface area contributed by atoms with Crippen LogP contribution in [0, 0.1) is 0 Å². The number of anilines is 1. The van der Waals surface area contributed by atoms with Crippen LogP contribution in [0.25, 0.3) is 0 Å². The van der Waals surface area contributed by atoms with Crippen LogP contribution < -0.4 is 5.32 Å². The summed E-state index contributed by atoms with van der Waals surface area (Å²) in [6.07, 6.45) is -4.47. The van der Waals surface area contributed by atoms with E-state index in [9.17, 15) is 23.1 Å². The SMILES string of the molecule is O=C(O)C(Nc1cccc(C(F)(F)F)c1)c1ccccc1. The molecule has 0 heterocycles. The summed E-state index contributed by atoms with van der Waals surface area (Å²) in [6.45, 7) is 0. The second-order valence-electron chi connectivity index (χ2n) is 4.40. The Bertz CT molecular complexity index is 626. The lowest BCUT2D eigenvalue weighted by atomic mass is 10.1. The molecule has 2 aromatic rings. The summed E-state index contributed by atoms with van der Waals surface area (Å²) in [7, 11) is 0. The maximum atomic E-state index is 12.6. The third-order valence-corrected chi connectivity index (χ3v) is 2.88. The fourth-order valence-corrected chi connectivity index (χ4v) is 1.89. The van der Waals surface area contributed by atoms with Gasteiger partial charge in [-0.2, -0.15) is 13.2 Å². The molecule has 0 saturated heterocycles. The minimum atomic E-state index is -4.47. The monoisotopic (exact) mass is 295 g/mol. The molecule has 0 aliphatic rings. The van der Waals surface area contributed by atoms with Crippen LogP contribution in [-0.2, 0) is 11.0 Å². The van der Waals surface area contributed by atoms with Gasteiger partial charge in [0.15, 0.2) is 6.04 Å². The van der Waals surface area contributed by atoms with Gasteiger partial charge in [-0.25, -0.2) is 4.79 Å². The van der Waals surface area contributed by atoms with Crippen molar-refractivity contribution in [3.63, 3.8) is 0 Å². The highest BCUT2D eigenvalue weighted by Gasteiger charge is 2.30. The zero-order chi connectivity index (χ0) is 15.5. The summed E-state index contributed by atoms with van der Waals surface area (Å²) in [5.41, 5.74) is -0.270. The van der Waals surface area contributed by atoms with Crippen LogP contribution in [-0.4, -0.2) is 11.1 Å². The third-order valence-electron chi connectivity index (χ3n) is 2.88. The first-order chi connectivity index (χ1) is 9.88. The summed E-state index contributed by atoms with van der Waals surface area (Å²) >= 11 is 0. The Hall–Kier alpha value is -2.50. The van der Waals surface area contributed by atoms with Gasteiger partial charge in [0, 0.05) is 5.69 Å². The van der Waals surface area contributed by atoms with Crippen molar-refractivity contribution in [2.24, 2.45) is 0 Å². The molecule has 2 aromatic carbocycles. The van der Waals surface area contributed by atoms with E-state index in [4.69, 9.17) is 0 Å². The lowest BCUT2D eigenvalue weighted by molar-refractivity contribution is -0.138. The van der Waals surface area contributed by atoms with Crippen LogP contribution >= 0.6 is 0 Å². The van der Waals surface area contributed by atoms with Gasteiger partial charge in [0.1, 0.15) is 0 Å². The largest absolute Gasteiger partial charge is 0.479 e. The number of aliphatic carboxylic acids is 1. The van der Waals surface area contributed by atoms with E-state index in [0.29, 0.717) is 5.56 Å². The zero-order valence-corrected chi connectivity index (χ0v) is 10.8. The van der Waals surface area contributed by atoms with Gasteiger partial charge in [0.05, 0.1) is 5.56 Å². The highest BCUT2D eigenvalue weighted by atomic mass is 19.4. The predicted molar refractivity (Wildman–Crippen MR) is 71.9 cm³/mol. The lowest BCUT2D eigenvalue weighted by Gasteiger charge is -2.17. The first-order valence-corrected chi connectivity index (χ1v) is 6.09. The van der Waals surface area contributed by atoms with E-state index in [-0.39, 0.29) is 5.69 Å². The van der Waals surface area contributed by atoms with Crippen molar-refractivity contribution in [3.05, 3.63) is 65.7 Å². The molecular weight excluding hydrogens is 283 g/mol. The molecule has 2 rings (SSSR count). The Morgan fingerprint density at radius 2 is 1.71 bits per heavy atom. The van der Waals surface area contributed by atoms with E-state index in [1.807, 2.05) is 0 Å². The molecule has 0 bridgehead atoms. The fraction of sp³-hybridized carbons (Fsp3) is 0.133. The summed E-state index contributed by atoms with van der Waals surface area (Å²) in [6, 6.07) is 11.6. The van der Waals surface area contributed by atoms with E-state index in [1.165, 1.54) is 12.1 Å². The van der Waals surface area contributed by atoms with Gasteiger partial charge in [-0.05, 0) is 23.8 Å². The standard InChI is InChI=1S/C15H12F3NO2/c16-15(17,18)11-7-4-8-12(9-11)19-13(14(20)21)10-5-2-1-3-6-10/h1-9,13,19H,(H,20,21). The molecule has 21 heavy (non-hydrogen) atoms. The van der Waals surface area contributed by atoms with Crippen LogP contribution in [0.5, 0.6) is 0 Å². The maximum absolute atomic E-state index is 12.6. The molecule has 0 radical (unpaired) electrons. The summed E-state index contributed by atoms with van der Waals surface area (Å²) in [4.78, 5) is 11.3. The molecule has 1 atom stereocenters. The number of benzene rings is 2. The molecule has 0 amide bonds. The molecule has 0 saturated carbocycles. The summed E-state index contributed by atoms with van der Waals surface area (Å²) in [5.74, 6) is -1.17. The normalized spacial score (nSPS) is 12.7. The molecular formula is C15H12F3NO2. The molecule has 110 valence electrons. The highest BCUT2D eigenvalue weighted by Crippen LogP contribution is 2.31. The van der Waals surface area contributed by atoms with Crippen LogP contribution in [0.3, 0.4) is 0 Å². The van der Waals surface area contributed by atoms with Crippen molar-refractivity contribution in [1.29, 1.82) is 0 Å². The number of halogens is 3. The average molecular weight is 295 g/mol. The molecule has 1 unspecified atom stereocenters. The maximum Gasteiger partial charge on any atom is 0.416 e. The Labute approximate surface area is 119 Å². The molecule has 0 aliphatic carbocycles. The fourth-order valence-electron chi connectivity index (χ4n) is 1.89. The van der Waals surface area contributed by atoms with E-state index in [0.717, 1.165) is 12.1 Å². The number of hydrogen-bond donors (Lipinski definition) is 2. The highest BCUT2D eigenvalue weighted by molar-refractivity contribution is 5.79.